The zero-order valence-electron chi connectivity index (χ0n) is 11.6. The zero-order valence-corrected chi connectivity index (χ0v) is 11.6. The van der Waals surface area contributed by atoms with Crippen molar-refractivity contribution in [3.05, 3.63) is 47.8 Å². The van der Waals surface area contributed by atoms with Gasteiger partial charge in [0.05, 0.1) is 5.69 Å². The van der Waals surface area contributed by atoms with Crippen molar-refractivity contribution in [2.75, 3.05) is 4.90 Å². The maximum absolute atomic E-state index is 11.5. The topological polar surface area (TPSA) is 66.3 Å². The number of amides is 1. The molecule has 0 atom stereocenters. The Balaban J connectivity index is 2.52. The number of hydrogen-bond acceptors (Lipinski definition) is 3. The van der Waals surface area contributed by atoms with Gasteiger partial charge in [-0.25, -0.2) is 19.7 Å². The highest BCUT2D eigenvalue weighted by atomic mass is 16.4. The Morgan fingerprint density at radius 2 is 1.65 bits per heavy atom. The first kappa shape index (κ1) is 14.0. The van der Waals surface area contributed by atoms with Gasteiger partial charge in [-0.15, -0.1) is 0 Å². The molecule has 0 fully saturated rings. The smallest absolute Gasteiger partial charge is 0.418 e. The van der Waals surface area contributed by atoms with Gasteiger partial charge in [0.2, 0.25) is 5.95 Å². The number of para-hydroxylation sites is 1. The number of aryl methyl sites for hydroxylation is 2. The molecule has 0 aliphatic rings. The Morgan fingerprint density at radius 3 is 2.10 bits per heavy atom. The van der Waals surface area contributed by atoms with Gasteiger partial charge in [-0.2, -0.15) is 0 Å². The predicted octanol–water partition coefficient (Wildman–Crippen LogP) is 3.42. The molecule has 1 N–H and O–H groups in total. The van der Waals surface area contributed by atoms with Gasteiger partial charge >= 0.3 is 6.09 Å². The largest absolute Gasteiger partial charge is 0.464 e. The SMILES string of the molecule is CCc1cc(CC)nc(N(C(=O)O)c2ccccc2)n1. The minimum absolute atomic E-state index is 0.208. The second-order valence-electron chi connectivity index (χ2n) is 4.31. The second kappa shape index (κ2) is 6.14. The van der Waals surface area contributed by atoms with Gasteiger partial charge < -0.3 is 5.11 Å². The molecule has 0 unspecified atom stereocenters. The summed E-state index contributed by atoms with van der Waals surface area (Å²) in [7, 11) is 0. The minimum Gasteiger partial charge on any atom is -0.464 e. The average Bonchev–Trinajstić information content (AvgIpc) is 2.47. The molecule has 5 heteroatoms. The first-order valence-electron chi connectivity index (χ1n) is 6.60. The van der Waals surface area contributed by atoms with E-state index < -0.39 is 6.09 Å². The van der Waals surface area contributed by atoms with E-state index in [1.165, 1.54) is 0 Å². The highest BCUT2D eigenvalue weighted by molar-refractivity contribution is 5.92. The lowest BCUT2D eigenvalue weighted by molar-refractivity contribution is 0.204. The zero-order chi connectivity index (χ0) is 14.5. The first-order chi connectivity index (χ1) is 9.65. The molecule has 104 valence electrons. The van der Waals surface area contributed by atoms with Crippen LogP contribution in [-0.2, 0) is 12.8 Å². The Labute approximate surface area is 117 Å². The van der Waals surface area contributed by atoms with Crippen LogP contribution in [0.2, 0.25) is 0 Å². The van der Waals surface area contributed by atoms with Crippen LogP contribution in [0, 0.1) is 0 Å². The Kier molecular flexibility index (Phi) is 4.30. The molecule has 2 rings (SSSR count). The highest BCUT2D eigenvalue weighted by Gasteiger charge is 2.20. The van der Waals surface area contributed by atoms with E-state index in [1.54, 1.807) is 24.3 Å². The molecular weight excluding hydrogens is 254 g/mol. The van der Waals surface area contributed by atoms with Crippen LogP contribution in [0.3, 0.4) is 0 Å². The number of aromatic nitrogens is 2. The predicted molar refractivity (Wildman–Crippen MR) is 77.4 cm³/mol. The number of rotatable bonds is 4. The van der Waals surface area contributed by atoms with E-state index in [0.717, 1.165) is 29.1 Å². The molecule has 2 aromatic rings. The monoisotopic (exact) mass is 271 g/mol. The van der Waals surface area contributed by atoms with Crippen LogP contribution in [0.25, 0.3) is 0 Å². The third-order valence-corrected chi connectivity index (χ3v) is 2.95. The van der Waals surface area contributed by atoms with Crippen LogP contribution in [-0.4, -0.2) is 21.2 Å². The van der Waals surface area contributed by atoms with Gasteiger partial charge in [-0.1, -0.05) is 32.0 Å². The normalized spacial score (nSPS) is 10.3. The van der Waals surface area contributed by atoms with Crippen LogP contribution in [0.5, 0.6) is 0 Å². The minimum atomic E-state index is -1.09. The van der Waals surface area contributed by atoms with Gasteiger partial charge in [0.15, 0.2) is 0 Å². The van der Waals surface area contributed by atoms with Crippen molar-refractivity contribution in [3.8, 4) is 0 Å². The fourth-order valence-electron chi connectivity index (χ4n) is 1.89. The lowest BCUT2D eigenvalue weighted by atomic mass is 10.2. The van der Waals surface area contributed by atoms with Crippen molar-refractivity contribution in [2.24, 2.45) is 0 Å². The standard InChI is InChI=1S/C15H17N3O2/c1-3-11-10-12(4-2)17-14(16-11)18(15(19)20)13-8-6-5-7-9-13/h5-10H,3-4H2,1-2H3,(H,19,20). The number of anilines is 2. The lowest BCUT2D eigenvalue weighted by Crippen LogP contribution is -2.26. The molecule has 1 aromatic carbocycles. The van der Waals surface area contributed by atoms with Crippen LogP contribution in [0.15, 0.2) is 36.4 Å². The van der Waals surface area contributed by atoms with Crippen molar-refractivity contribution >= 4 is 17.7 Å². The first-order valence-corrected chi connectivity index (χ1v) is 6.60. The van der Waals surface area contributed by atoms with Crippen molar-refractivity contribution in [1.82, 2.24) is 9.97 Å². The molecule has 20 heavy (non-hydrogen) atoms. The second-order valence-corrected chi connectivity index (χ2v) is 4.31. The number of benzene rings is 1. The van der Waals surface area contributed by atoms with Crippen molar-refractivity contribution in [2.45, 2.75) is 26.7 Å². The summed E-state index contributed by atoms with van der Waals surface area (Å²) in [5.74, 6) is 0.208. The van der Waals surface area contributed by atoms with E-state index >= 15 is 0 Å². The molecule has 0 saturated carbocycles. The van der Waals surface area contributed by atoms with Crippen molar-refractivity contribution < 1.29 is 9.90 Å². The van der Waals surface area contributed by atoms with Gasteiger partial charge in [-0.05, 0) is 31.0 Å². The summed E-state index contributed by atoms with van der Waals surface area (Å²) in [6, 6.07) is 10.8. The molecular formula is C15H17N3O2. The van der Waals surface area contributed by atoms with Crippen LogP contribution in [0.1, 0.15) is 25.2 Å². The molecule has 0 saturated heterocycles. The molecule has 1 aromatic heterocycles. The maximum atomic E-state index is 11.5. The molecule has 0 aliphatic heterocycles. The molecule has 0 aliphatic carbocycles. The van der Waals surface area contributed by atoms with Crippen molar-refractivity contribution in [1.29, 1.82) is 0 Å². The van der Waals surface area contributed by atoms with E-state index in [0.29, 0.717) is 5.69 Å². The molecule has 0 bridgehead atoms. The van der Waals surface area contributed by atoms with Gasteiger partial charge in [0.1, 0.15) is 0 Å². The van der Waals surface area contributed by atoms with Gasteiger partial charge in [0.25, 0.3) is 0 Å². The van der Waals surface area contributed by atoms with E-state index in [-0.39, 0.29) is 5.95 Å². The summed E-state index contributed by atoms with van der Waals surface area (Å²) in [6.45, 7) is 3.97. The maximum Gasteiger partial charge on any atom is 0.418 e. The molecule has 1 heterocycles. The number of nitrogens with zero attached hydrogens (tertiary/aromatic N) is 3. The van der Waals surface area contributed by atoms with Gasteiger partial charge in [0, 0.05) is 11.4 Å². The quantitative estimate of drug-likeness (QED) is 0.925. The molecule has 0 spiro atoms. The van der Waals surface area contributed by atoms with E-state index in [2.05, 4.69) is 9.97 Å². The summed E-state index contributed by atoms with van der Waals surface area (Å²) < 4.78 is 0. The van der Waals surface area contributed by atoms with Crippen LogP contribution >= 0.6 is 0 Å². The van der Waals surface area contributed by atoms with E-state index in [4.69, 9.17) is 0 Å². The number of carboxylic acid groups (broad SMARTS) is 1. The van der Waals surface area contributed by atoms with E-state index in [1.807, 2.05) is 26.0 Å². The average molecular weight is 271 g/mol. The third kappa shape index (κ3) is 2.93. The third-order valence-electron chi connectivity index (χ3n) is 2.95. The Morgan fingerprint density at radius 1 is 1.10 bits per heavy atom. The molecule has 0 radical (unpaired) electrons. The summed E-state index contributed by atoms with van der Waals surface area (Å²) >= 11 is 0. The summed E-state index contributed by atoms with van der Waals surface area (Å²) in [5, 5.41) is 9.45. The molecule has 5 nitrogen and oxygen atoms in total. The number of hydrogen-bond donors (Lipinski definition) is 1. The van der Waals surface area contributed by atoms with Crippen molar-refractivity contribution in [3.63, 3.8) is 0 Å². The fourth-order valence-corrected chi connectivity index (χ4v) is 1.89. The highest BCUT2D eigenvalue weighted by Crippen LogP contribution is 2.22. The summed E-state index contributed by atoms with van der Waals surface area (Å²) in [6.07, 6.45) is 0.390. The van der Waals surface area contributed by atoms with Gasteiger partial charge in [-0.3, -0.25) is 0 Å². The van der Waals surface area contributed by atoms with E-state index in [9.17, 15) is 9.90 Å². The lowest BCUT2D eigenvalue weighted by Gasteiger charge is -2.18. The molecule has 1 amide bonds. The van der Waals surface area contributed by atoms with Crippen LogP contribution < -0.4 is 4.90 Å². The fraction of sp³-hybridized carbons (Fsp3) is 0.267. The summed E-state index contributed by atoms with van der Waals surface area (Å²) in [5.41, 5.74) is 2.22. The number of carbonyl (C=O) groups is 1. The Hall–Kier alpha value is -2.43. The summed E-state index contributed by atoms with van der Waals surface area (Å²) in [4.78, 5) is 21.3. The van der Waals surface area contributed by atoms with Crippen LogP contribution in [0.4, 0.5) is 16.4 Å². The Bertz CT molecular complexity index is 577.